The first kappa shape index (κ1) is 21.8. The van der Waals surface area contributed by atoms with Crippen LogP contribution in [0.4, 0.5) is 5.69 Å². The molecule has 1 aliphatic heterocycles. The Morgan fingerprint density at radius 3 is 2.16 bits per heavy atom. The first-order valence-electron chi connectivity index (χ1n) is 11.5. The normalized spacial score (nSPS) is 25.2. The van der Waals surface area contributed by atoms with E-state index in [1.807, 2.05) is 11.8 Å². The average molecular weight is 427 g/mol. The first-order chi connectivity index (χ1) is 14.6. The van der Waals surface area contributed by atoms with Crippen LogP contribution in [0, 0.1) is 16.7 Å². The highest BCUT2D eigenvalue weighted by Gasteiger charge is 2.69. The number of carbonyl (C=O) groups excluding carboxylic acids is 3. The molecule has 0 bridgehead atoms. The van der Waals surface area contributed by atoms with Crippen LogP contribution < -0.4 is 9.64 Å². The Labute approximate surface area is 184 Å². The molecule has 3 amide bonds. The van der Waals surface area contributed by atoms with Gasteiger partial charge in [-0.25, -0.2) is 4.90 Å². The van der Waals surface area contributed by atoms with Crippen LogP contribution in [0.25, 0.3) is 0 Å². The molecule has 6 heteroatoms. The van der Waals surface area contributed by atoms with E-state index in [-0.39, 0.29) is 46.9 Å². The molecule has 6 nitrogen and oxygen atoms in total. The van der Waals surface area contributed by atoms with Gasteiger partial charge in [-0.15, -0.1) is 0 Å². The van der Waals surface area contributed by atoms with E-state index in [1.165, 1.54) is 4.90 Å². The Morgan fingerprint density at radius 2 is 1.65 bits per heavy atom. The Hall–Kier alpha value is -2.37. The maximum Gasteiger partial charge on any atom is 0.257 e. The highest BCUT2D eigenvalue weighted by atomic mass is 16.5. The quantitative estimate of drug-likeness (QED) is 0.641. The van der Waals surface area contributed by atoms with Crippen molar-refractivity contribution in [2.24, 2.45) is 16.7 Å². The SMILES string of the molecule is CCOc1ccc(N2C(=O)CC(N(C(=O)C3C(C)(C)C3(C)C)C3CCCC3)C2=O)cc1. The van der Waals surface area contributed by atoms with Crippen molar-refractivity contribution >= 4 is 23.4 Å². The van der Waals surface area contributed by atoms with Gasteiger partial charge in [0.1, 0.15) is 11.8 Å². The molecule has 1 aromatic rings. The highest BCUT2D eigenvalue weighted by molar-refractivity contribution is 6.23. The molecule has 3 aliphatic rings. The van der Waals surface area contributed by atoms with Crippen LogP contribution in [-0.2, 0) is 14.4 Å². The van der Waals surface area contributed by atoms with Crippen LogP contribution >= 0.6 is 0 Å². The Balaban J connectivity index is 1.61. The van der Waals surface area contributed by atoms with Gasteiger partial charge in [0.2, 0.25) is 11.8 Å². The molecular weight excluding hydrogens is 392 g/mol. The van der Waals surface area contributed by atoms with Crippen molar-refractivity contribution < 1.29 is 19.1 Å². The summed E-state index contributed by atoms with van der Waals surface area (Å²) in [5, 5.41) is 0. The third-order valence-corrected chi connectivity index (χ3v) is 8.10. The van der Waals surface area contributed by atoms with Gasteiger partial charge in [0, 0.05) is 12.0 Å². The monoisotopic (exact) mass is 426 g/mol. The van der Waals surface area contributed by atoms with Gasteiger partial charge < -0.3 is 9.64 Å². The average Bonchev–Trinajstić information content (AvgIpc) is 3.14. The summed E-state index contributed by atoms with van der Waals surface area (Å²) in [4.78, 5) is 43.2. The Kier molecular flexibility index (Phi) is 5.39. The molecule has 0 radical (unpaired) electrons. The van der Waals surface area contributed by atoms with Gasteiger partial charge in [0.05, 0.1) is 18.7 Å². The molecule has 0 aromatic heterocycles. The van der Waals surface area contributed by atoms with Gasteiger partial charge in [0.25, 0.3) is 5.91 Å². The van der Waals surface area contributed by atoms with Gasteiger partial charge in [-0.1, -0.05) is 40.5 Å². The minimum atomic E-state index is -0.707. The lowest BCUT2D eigenvalue weighted by molar-refractivity contribution is -0.143. The van der Waals surface area contributed by atoms with Gasteiger partial charge in [0.15, 0.2) is 0 Å². The number of hydrogen-bond acceptors (Lipinski definition) is 4. The Bertz CT molecular complexity index is 869. The van der Waals surface area contributed by atoms with Crippen LogP contribution in [0.2, 0.25) is 0 Å². The summed E-state index contributed by atoms with van der Waals surface area (Å²) in [7, 11) is 0. The summed E-state index contributed by atoms with van der Waals surface area (Å²) >= 11 is 0. The van der Waals surface area contributed by atoms with Gasteiger partial charge in [-0.3, -0.25) is 14.4 Å². The third kappa shape index (κ3) is 3.44. The smallest absolute Gasteiger partial charge is 0.257 e. The largest absolute Gasteiger partial charge is 0.494 e. The standard InChI is InChI=1S/C25H34N2O4/c1-6-31-18-13-11-17(12-14-18)27-20(28)15-19(22(27)29)26(16-9-7-8-10-16)23(30)21-24(2,3)25(21,4)5/h11-14,16,19,21H,6-10,15H2,1-5H3. The maximum atomic E-state index is 13.8. The lowest BCUT2D eigenvalue weighted by atomic mass is 10.0. The second-order valence-corrected chi connectivity index (χ2v) is 10.3. The molecule has 2 saturated carbocycles. The zero-order chi connectivity index (χ0) is 22.6. The van der Waals surface area contributed by atoms with E-state index in [4.69, 9.17) is 4.74 Å². The fraction of sp³-hybridized carbons (Fsp3) is 0.640. The predicted molar refractivity (Wildman–Crippen MR) is 119 cm³/mol. The second-order valence-electron chi connectivity index (χ2n) is 10.3. The van der Waals surface area contributed by atoms with Crippen LogP contribution in [0.5, 0.6) is 5.75 Å². The number of benzene rings is 1. The number of imide groups is 1. The minimum Gasteiger partial charge on any atom is -0.494 e. The van der Waals surface area contributed by atoms with Crippen LogP contribution in [0.15, 0.2) is 24.3 Å². The number of anilines is 1. The van der Waals surface area contributed by atoms with E-state index in [0.29, 0.717) is 18.0 Å². The molecular formula is C25H34N2O4. The molecule has 4 rings (SSSR count). The molecule has 3 fully saturated rings. The molecule has 0 spiro atoms. The third-order valence-electron chi connectivity index (χ3n) is 8.10. The summed E-state index contributed by atoms with van der Waals surface area (Å²) < 4.78 is 5.47. The summed E-state index contributed by atoms with van der Waals surface area (Å²) in [6, 6.07) is 6.34. The zero-order valence-corrected chi connectivity index (χ0v) is 19.3. The van der Waals surface area contributed by atoms with E-state index in [2.05, 4.69) is 27.7 Å². The summed E-state index contributed by atoms with van der Waals surface area (Å²) in [6.45, 7) is 10.9. The zero-order valence-electron chi connectivity index (χ0n) is 19.3. The fourth-order valence-electron chi connectivity index (χ4n) is 5.70. The predicted octanol–water partition coefficient (Wildman–Crippen LogP) is 4.17. The molecule has 31 heavy (non-hydrogen) atoms. The maximum absolute atomic E-state index is 13.8. The van der Waals surface area contributed by atoms with E-state index in [0.717, 1.165) is 25.7 Å². The van der Waals surface area contributed by atoms with E-state index < -0.39 is 6.04 Å². The van der Waals surface area contributed by atoms with E-state index >= 15 is 0 Å². The van der Waals surface area contributed by atoms with Crippen molar-refractivity contribution in [2.45, 2.75) is 78.8 Å². The fourth-order valence-corrected chi connectivity index (χ4v) is 5.70. The molecule has 0 N–H and O–H groups in total. The number of carbonyl (C=O) groups is 3. The van der Waals surface area contributed by atoms with Gasteiger partial charge >= 0.3 is 0 Å². The molecule has 2 aliphatic carbocycles. The minimum absolute atomic E-state index is 0.0431. The lowest BCUT2D eigenvalue weighted by Crippen LogP contribution is -2.51. The van der Waals surface area contributed by atoms with E-state index in [9.17, 15) is 14.4 Å². The van der Waals surface area contributed by atoms with Crippen molar-refractivity contribution in [2.75, 3.05) is 11.5 Å². The van der Waals surface area contributed by atoms with Crippen molar-refractivity contribution in [3.8, 4) is 5.75 Å². The Morgan fingerprint density at radius 1 is 1.06 bits per heavy atom. The summed E-state index contributed by atoms with van der Waals surface area (Å²) in [5.74, 6) is 0.0856. The molecule has 1 atom stereocenters. The van der Waals surface area contributed by atoms with Crippen molar-refractivity contribution in [3.63, 3.8) is 0 Å². The van der Waals surface area contributed by atoms with Crippen LogP contribution in [0.3, 0.4) is 0 Å². The van der Waals surface area contributed by atoms with Crippen molar-refractivity contribution in [1.29, 1.82) is 0 Å². The van der Waals surface area contributed by atoms with Crippen molar-refractivity contribution in [3.05, 3.63) is 24.3 Å². The molecule has 168 valence electrons. The van der Waals surface area contributed by atoms with Crippen LogP contribution in [0.1, 0.15) is 66.7 Å². The topological polar surface area (TPSA) is 66.9 Å². The van der Waals surface area contributed by atoms with Crippen molar-refractivity contribution in [1.82, 2.24) is 4.90 Å². The van der Waals surface area contributed by atoms with Gasteiger partial charge in [-0.2, -0.15) is 0 Å². The first-order valence-corrected chi connectivity index (χ1v) is 11.5. The second kappa shape index (κ2) is 7.64. The number of hydrogen-bond donors (Lipinski definition) is 0. The number of ether oxygens (including phenoxy) is 1. The summed E-state index contributed by atoms with van der Waals surface area (Å²) in [6.07, 6.45) is 3.98. The molecule has 1 saturated heterocycles. The number of amides is 3. The summed E-state index contributed by atoms with van der Waals surface area (Å²) in [5.41, 5.74) is 0.315. The number of rotatable bonds is 6. The van der Waals surface area contributed by atoms with Gasteiger partial charge in [-0.05, 0) is 54.9 Å². The molecule has 1 aromatic carbocycles. The number of nitrogens with zero attached hydrogens (tertiary/aromatic N) is 2. The lowest BCUT2D eigenvalue weighted by Gasteiger charge is -2.34. The molecule has 1 unspecified atom stereocenters. The van der Waals surface area contributed by atoms with E-state index in [1.54, 1.807) is 24.3 Å². The highest BCUT2D eigenvalue weighted by Crippen LogP contribution is 2.69. The van der Waals surface area contributed by atoms with Crippen LogP contribution in [-0.4, -0.2) is 41.3 Å². The molecule has 1 heterocycles.